The van der Waals surface area contributed by atoms with E-state index in [0.29, 0.717) is 11.8 Å². The molecular formula is C12H13N3O. The maximum atomic E-state index is 9.87. The summed E-state index contributed by atoms with van der Waals surface area (Å²) < 4.78 is 0. The summed E-state index contributed by atoms with van der Waals surface area (Å²) in [5.74, 6) is 0.291. The van der Waals surface area contributed by atoms with Crippen molar-refractivity contribution in [1.82, 2.24) is 10.2 Å². The van der Waals surface area contributed by atoms with Gasteiger partial charge in [0.25, 0.3) is 0 Å². The van der Waals surface area contributed by atoms with Crippen LogP contribution in [0.1, 0.15) is 12.8 Å². The number of H-pyrrole nitrogens is 1. The van der Waals surface area contributed by atoms with E-state index in [1.165, 1.54) is 12.8 Å². The zero-order valence-corrected chi connectivity index (χ0v) is 8.77. The molecule has 3 N–H and O–H groups in total. The van der Waals surface area contributed by atoms with E-state index >= 15 is 0 Å². The Kier molecular flexibility index (Phi) is 2.06. The molecule has 4 nitrogen and oxygen atoms in total. The number of benzene rings is 1. The van der Waals surface area contributed by atoms with Crippen LogP contribution in [-0.2, 0) is 0 Å². The van der Waals surface area contributed by atoms with Crippen LogP contribution >= 0.6 is 0 Å². The fourth-order valence-electron chi connectivity index (χ4n) is 1.75. The van der Waals surface area contributed by atoms with E-state index in [9.17, 15) is 5.11 Å². The first-order valence-electron chi connectivity index (χ1n) is 5.43. The Balaban J connectivity index is 2.05. The van der Waals surface area contributed by atoms with Gasteiger partial charge in [-0.15, -0.1) is 0 Å². The summed E-state index contributed by atoms with van der Waals surface area (Å²) in [6.45, 7) is 0. The predicted molar refractivity (Wildman–Crippen MR) is 62.3 cm³/mol. The summed E-state index contributed by atoms with van der Waals surface area (Å²) >= 11 is 0. The highest BCUT2D eigenvalue weighted by Crippen LogP contribution is 2.37. The van der Waals surface area contributed by atoms with E-state index in [2.05, 4.69) is 15.5 Å². The molecular weight excluding hydrogens is 202 g/mol. The SMILES string of the molecule is Oc1cccc(-c2ccn[nH]2)c1NC1CC1. The number of aromatic amines is 1. The summed E-state index contributed by atoms with van der Waals surface area (Å²) in [6, 6.07) is 7.91. The molecule has 16 heavy (non-hydrogen) atoms. The van der Waals surface area contributed by atoms with Gasteiger partial charge in [0.1, 0.15) is 5.75 Å². The van der Waals surface area contributed by atoms with Crippen LogP contribution in [0, 0.1) is 0 Å². The van der Waals surface area contributed by atoms with Crippen LogP contribution in [-0.4, -0.2) is 21.3 Å². The Morgan fingerprint density at radius 3 is 2.88 bits per heavy atom. The van der Waals surface area contributed by atoms with E-state index in [-0.39, 0.29) is 0 Å². The lowest BCUT2D eigenvalue weighted by Crippen LogP contribution is -2.02. The number of phenolic OH excluding ortho intramolecular Hbond substituents is 1. The molecule has 1 heterocycles. The van der Waals surface area contributed by atoms with Gasteiger partial charge in [0.05, 0.1) is 11.4 Å². The van der Waals surface area contributed by atoms with Gasteiger partial charge in [-0.25, -0.2) is 0 Å². The highest BCUT2D eigenvalue weighted by atomic mass is 16.3. The molecule has 0 radical (unpaired) electrons. The summed E-state index contributed by atoms with van der Waals surface area (Å²) in [5.41, 5.74) is 2.68. The highest BCUT2D eigenvalue weighted by molar-refractivity contribution is 5.80. The monoisotopic (exact) mass is 215 g/mol. The Morgan fingerprint density at radius 1 is 1.31 bits per heavy atom. The first kappa shape index (κ1) is 9.27. The zero-order chi connectivity index (χ0) is 11.0. The van der Waals surface area contributed by atoms with Gasteiger partial charge in [-0.3, -0.25) is 5.10 Å². The molecule has 0 spiro atoms. The van der Waals surface area contributed by atoms with Gasteiger partial charge in [0.15, 0.2) is 0 Å². The zero-order valence-electron chi connectivity index (χ0n) is 8.77. The quantitative estimate of drug-likeness (QED) is 0.689. The number of hydrogen-bond donors (Lipinski definition) is 3. The number of rotatable bonds is 3. The topological polar surface area (TPSA) is 60.9 Å². The third-order valence-electron chi connectivity index (χ3n) is 2.76. The van der Waals surface area contributed by atoms with Gasteiger partial charge in [-0.05, 0) is 25.0 Å². The Hall–Kier alpha value is -1.97. The van der Waals surface area contributed by atoms with Crippen molar-refractivity contribution in [2.45, 2.75) is 18.9 Å². The second-order valence-electron chi connectivity index (χ2n) is 4.09. The van der Waals surface area contributed by atoms with Crippen molar-refractivity contribution in [1.29, 1.82) is 0 Å². The molecule has 3 rings (SSSR count). The average Bonchev–Trinajstić information content (AvgIpc) is 2.94. The second-order valence-corrected chi connectivity index (χ2v) is 4.09. The van der Waals surface area contributed by atoms with Gasteiger partial charge >= 0.3 is 0 Å². The van der Waals surface area contributed by atoms with Crippen LogP contribution in [0.2, 0.25) is 0 Å². The summed E-state index contributed by atoms with van der Waals surface area (Å²) in [5, 5.41) is 20.1. The van der Waals surface area contributed by atoms with Crippen LogP contribution in [0.25, 0.3) is 11.3 Å². The van der Waals surface area contributed by atoms with E-state index < -0.39 is 0 Å². The summed E-state index contributed by atoms with van der Waals surface area (Å²) in [7, 11) is 0. The third-order valence-corrected chi connectivity index (χ3v) is 2.76. The van der Waals surface area contributed by atoms with Crippen molar-refractivity contribution in [3.05, 3.63) is 30.5 Å². The van der Waals surface area contributed by atoms with E-state index in [1.54, 1.807) is 12.3 Å². The maximum Gasteiger partial charge on any atom is 0.139 e. The van der Waals surface area contributed by atoms with Crippen molar-refractivity contribution in [3.8, 4) is 17.0 Å². The number of aromatic nitrogens is 2. The average molecular weight is 215 g/mol. The number of para-hydroxylation sites is 1. The second kappa shape index (κ2) is 3.56. The third kappa shape index (κ3) is 1.62. The minimum Gasteiger partial charge on any atom is -0.506 e. The van der Waals surface area contributed by atoms with Crippen molar-refractivity contribution in [2.75, 3.05) is 5.32 Å². The van der Waals surface area contributed by atoms with Crippen molar-refractivity contribution >= 4 is 5.69 Å². The minimum absolute atomic E-state index is 0.291. The Bertz CT molecular complexity index is 489. The molecule has 1 fully saturated rings. The molecule has 0 aliphatic heterocycles. The normalized spacial score (nSPS) is 15.0. The highest BCUT2D eigenvalue weighted by Gasteiger charge is 2.23. The number of phenols is 1. The fraction of sp³-hybridized carbons (Fsp3) is 0.250. The summed E-state index contributed by atoms with van der Waals surface area (Å²) in [6.07, 6.45) is 4.06. The van der Waals surface area contributed by atoms with Crippen LogP contribution in [0.4, 0.5) is 5.69 Å². The van der Waals surface area contributed by atoms with Gasteiger partial charge in [-0.1, -0.05) is 12.1 Å². The molecule has 1 aromatic heterocycles. The fourth-order valence-corrected chi connectivity index (χ4v) is 1.75. The number of aromatic hydroxyl groups is 1. The Labute approximate surface area is 93.3 Å². The van der Waals surface area contributed by atoms with E-state index in [4.69, 9.17) is 0 Å². The molecule has 1 aromatic carbocycles. The van der Waals surface area contributed by atoms with Crippen molar-refractivity contribution in [3.63, 3.8) is 0 Å². The van der Waals surface area contributed by atoms with Crippen LogP contribution in [0.5, 0.6) is 5.75 Å². The number of nitrogens with one attached hydrogen (secondary N) is 2. The van der Waals surface area contributed by atoms with Gasteiger partial charge in [-0.2, -0.15) is 5.10 Å². The molecule has 0 unspecified atom stereocenters. The molecule has 0 amide bonds. The first-order chi connectivity index (χ1) is 7.84. The minimum atomic E-state index is 0.291. The number of anilines is 1. The molecule has 82 valence electrons. The largest absolute Gasteiger partial charge is 0.506 e. The maximum absolute atomic E-state index is 9.87. The lowest BCUT2D eigenvalue weighted by atomic mass is 10.1. The molecule has 1 aliphatic carbocycles. The van der Waals surface area contributed by atoms with E-state index in [0.717, 1.165) is 16.9 Å². The van der Waals surface area contributed by atoms with Gasteiger partial charge < -0.3 is 10.4 Å². The molecule has 2 aromatic rings. The lowest BCUT2D eigenvalue weighted by Gasteiger charge is -2.11. The molecule has 0 saturated heterocycles. The first-order valence-corrected chi connectivity index (χ1v) is 5.43. The molecule has 1 saturated carbocycles. The van der Waals surface area contributed by atoms with Crippen LogP contribution in [0.15, 0.2) is 30.5 Å². The van der Waals surface area contributed by atoms with Gasteiger partial charge in [0.2, 0.25) is 0 Å². The van der Waals surface area contributed by atoms with E-state index in [1.807, 2.05) is 18.2 Å². The summed E-state index contributed by atoms with van der Waals surface area (Å²) in [4.78, 5) is 0. The molecule has 1 aliphatic rings. The van der Waals surface area contributed by atoms with Crippen LogP contribution in [0.3, 0.4) is 0 Å². The number of hydrogen-bond acceptors (Lipinski definition) is 3. The Morgan fingerprint density at radius 2 is 2.19 bits per heavy atom. The van der Waals surface area contributed by atoms with Crippen molar-refractivity contribution in [2.24, 2.45) is 0 Å². The smallest absolute Gasteiger partial charge is 0.139 e. The predicted octanol–water partition coefficient (Wildman–Crippen LogP) is 2.36. The molecule has 0 atom stereocenters. The number of nitrogens with zero attached hydrogens (tertiary/aromatic N) is 1. The lowest BCUT2D eigenvalue weighted by molar-refractivity contribution is 0.477. The van der Waals surface area contributed by atoms with Crippen LogP contribution < -0.4 is 5.32 Å². The molecule has 4 heteroatoms. The van der Waals surface area contributed by atoms with Gasteiger partial charge in [0, 0.05) is 17.8 Å². The molecule has 0 bridgehead atoms. The van der Waals surface area contributed by atoms with Crippen molar-refractivity contribution < 1.29 is 5.11 Å². The standard InChI is InChI=1S/C12H13N3O/c16-11-3-1-2-9(10-6-7-13-15-10)12(11)14-8-4-5-8/h1-3,6-8,14,16H,4-5H2,(H,13,15).